The van der Waals surface area contributed by atoms with Gasteiger partial charge in [0.25, 0.3) is 5.56 Å². The Kier molecular flexibility index (Phi) is 4.82. The van der Waals surface area contributed by atoms with E-state index in [4.69, 9.17) is 4.74 Å². The van der Waals surface area contributed by atoms with Crippen LogP contribution in [0, 0.1) is 13.8 Å². The van der Waals surface area contributed by atoms with Crippen molar-refractivity contribution in [2.45, 2.75) is 33.7 Å². The molecule has 6 nitrogen and oxygen atoms in total. The SMILES string of the molecule is CCc1nc2sc(C)c(-c3cc(C)ccc3OC)c2c(=O)n1CC(=O)O. The van der Waals surface area contributed by atoms with Crippen LogP contribution in [-0.4, -0.2) is 27.7 Å². The van der Waals surface area contributed by atoms with Crippen LogP contribution in [-0.2, 0) is 17.8 Å². The smallest absolute Gasteiger partial charge is 0.323 e. The molecule has 0 bridgehead atoms. The van der Waals surface area contributed by atoms with Crippen molar-refractivity contribution in [1.82, 2.24) is 9.55 Å². The van der Waals surface area contributed by atoms with Crippen molar-refractivity contribution in [2.75, 3.05) is 7.11 Å². The molecule has 0 saturated heterocycles. The Balaban J connectivity index is 2.41. The quantitative estimate of drug-likeness (QED) is 0.742. The number of aryl methyl sites for hydroxylation is 3. The fourth-order valence-corrected chi connectivity index (χ4v) is 4.19. The molecular weight excluding hydrogens is 352 g/mol. The van der Waals surface area contributed by atoms with E-state index in [0.717, 1.165) is 21.6 Å². The molecule has 0 saturated carbocycles. The molecule has 0 aliphatic carbocycles. The molecular formula is C19H20N2O4S. The Labute approximate surface area is 154 Å². The lowest BCUT2D eigenvalue weighted by atomic mass is 10.0. The third kappa shape index (κ3) is 2.99. The van der Waals surface area contributed by atoms with Crippen LogP contribution in [0.1, 0.15) is 23.2 Å². The number of aliphatic carboxylic acids is 1. The number of hydrogen-bond donors (Lipinski definition) is 1. The number of benzene rings is 1. The zero-order chi connectivity index (χ0) is 19.0. The Bertz CT molecular complexity index is 1070. The van der Waals surface area contributed by atoms with Crippen molar-refractivity contribution in [3.63, 3.8) is 0 Å². The van der Waals surface area contributed by atoms with Gasteiger partial charge in [-0.15, -0.1) is 11.3 Å². The van der Waals surface area contributed by atoms with E-state index in [9.17, 15) is 14.7 Å². The molecule has 136 valence electrons. The first-order chi connectivity index (χ1) is 12.4. The number of hydrogen-bond acceptors (Lipinski definition) is 5. The summed E-state index contributed by atoms with van der Waals surface area (Å²) >= 11 is 1.44. The number of ether oxygens (including phenoxy) is 1. The summed E-state index contributed by atoms with van der Waals surface area (Å²) in [6, 6.07) is 5.79. The molecule has 0 spiro atoms. The molecule has 0 fully saturated rings. The van der Waals surface area contributed by atoms with Crippen molar-refractivity contribution in [3.8, 4) is 16.9 Å². The van der Waals surface area contributed by atoms with E-state index >= 15 is 0 Å². The molecule has 0 amide bonds. The number of fused-ring (bicyclic) bond motifs is 1. The minimum absolute atomic E-state index is 0.322. The van der Waals surface area contributed by atoms with E-state index in [2.05, 4.69) is 4.98 Å². The molecule has 0 aliphatic rings. The molecule has 0 radical (unpaired) electrons. The summed E-state index contributed by atoms with van der Waals surface area (Å²) in [5.41, 5.74) is 2.31. The van der Waals surface area contributed by atoms with Gasteiger partial charge in [-0.25, -0.2) is 4.98 Å². The number of carboxylic acids is 1. The maximum atomic E-state index is 13.2. The van der Waals surface area contributed by atoms with Crippen LogP contribution in [0.5, 0.6) is 5.75 Å². The Hall–Kier alpha value is -2.67. The van der Waals surface area contributed by atoms with Gasteiger partial charge in [0.05, 0.1) is 12.5 Å². The number of rotatable bonds is 5. The van der Waals surface area contributed by atoms with Crippen LogP contribution in [0.15, 0.2) is 23.0 Å². The first-order valence-corrected chi connectivity index (χ1v) is 9.08. The second kappa shape index (κ2) is 6.92. The molecule has 26 heavy (non-hydrogen) atoms. The van der Waals surface area contributed by atoms with Crippen molar-refractivity contribution >= 4 is 27.5 Å². The maximum absolute atomic E-state index is 13.2. The summed E-state index contributed by atoms with van der Waals surface area (Å²) in [6.45, 7) is 5.38. The highest BCUT2D eigenvalue weighted by molar-refractivity contribution is 7.19. The minimum atomic E-state index is -1.07. The second-order valence-electron chi connectivity index (χ2n) is 6.08. The van der Waals surface area contributed by atoms with E-state index < -0.39 is 12.5 Å². The van der Waals surface area contributed by atoms with Gasteiger partial charge in [-0.05, 0) is 26.0 Å². The van der Waals surface area contributed by atoms with Crippen molar-refractivity contribution in [1.29, 1.82) is 0 Å². The number of aromatic nitrogens is 2. The van der Waals surface area contributed by atoms with E-state index in [0.29, 0.717) is 28.2 Å². The van der Waals surface area contributed by atoms with Gasteiger partial charge in [-0.1, -0.05) is 18.6 Å². The highest BCUT2D eigenvalue weighted by Gasteiger charge is 2.22. The van der Waals surface area contributed by atoms with E-state index in [1.165, 1.54) is 15.9 Å². The predicted octanol–water partition coefficient (Wildman–Crippen LogP) is 3.40. The van der Waals surface area contributed by atoms with Crippen molar-refractivity contribution in [2.24, 2.45) is 0 Å². The van der Waals surface area contributed by atoms with Gasteiger partial charge in [0.1, 0.15) is 22.9 Å². The largest absolute Gasteiger partial charge is 0.496 e. The third-order valence-corrected chi connectivity index (χ3v) is 5.30. The van der Waals surface area contributed by atoms with Gasteiger partial charge in [0.15, 0.2) is 0 Å². The standard InChI is InChI=1S/C19H20N2O4S/c1-5-14-20-18-17(19(24)21(14)9-15(22)23)16(11(3)26-18)12-8-10(2)6-7-13(12)25-4/h6-8H,5,9H2,1-4H3,(H,22,23). The third-order valence-electron chi connectivity index (χ3n) is 4.30. The summed E-state index contributed by atoms with van der Waals surface area (Å²) in [7, 11) is 1.59. The summed E-state index contributed by atoms with van der Waals surface area (Å²) in [4.78, 5) is 30.5. The molecule has 3 rings (SSSR count). The molecule has 1 aromatic carbocycles. The number of thiophene rings is 1. The van der Waals surface area contributed by atoms with Crippen LogP contribution >= 0.6 is 11.3 Å². The number of carboxylic acid groups (broad SMARTS) is 1. The summed E-state index contributed by atoms with van der Waals surface area (Å²) in [6.07, 6.45) is 0.485. The maximum Gasteiger partial charge on any atom is 0.323 e. The van der Waals surface area contributed by atoms with Gasteiger partial charge >= 0.3 is 5.97 Å². The normalized spacial score (nSPS) is 11.1. The second-order valence-corrected chi connectivity index (χ2v) is 7.29. The summed E-state index contributed by atoms with van der Waals surface area (Å²) < 4.78 is 6.74. The topological polar surface area (TPSA) is 81.4 Å². The van der Waals surface area contributed by atoms with E-state index in [-0.39, 0.29) is 5.56 Å². The lowest BCUT2D eigenvalue weighted by molar-refractivity contribution is -0.137. The molecule has 2 heterocycles. The molecule has 7 heteroatoms. The Morgan fingerprint density at radius 3 is 2.69 bits per heavy atom. The van der Waals surface area contributed by atoms with Gasteiger partial charge in [-0.2, -0.15) is 0 Å². The zero-order valence-electron chi connectivity index (χ0n) is 15.1. The lowest BCUT2D eigenvalue weighted by Gasteiger charge is -2.12. The van der Waals surface area contributed by atoms with Crippen molar-refractivity contribution in [3.05, 3.63) is 44.8 Å². The number of methoxy groups -OCH3 is 1. The zero-order valence-corrected chi connectivity index (χ0v) is 15.9. The summed E-state index contributed by atoms with van der Waals surface area (Å²) in [5.74, 6) is 0.0839. The van der Waals surface area contributed by atoms with Crippen LogP contribution in [0.4, 0.5) is 0 Å². The minimum Gasteiger partial charge on any atom is -0.496 e. The van der Waals surface area contributed by atoms with Crippen LogP contribution in [0.3, 0.4) is 0 Å². The fourth-order valence-electron chi connectivity index (χ4n) is 3.15. The predicted molar refractivity (Wildman–Crippen MR) is 102 cm³/mol. The Morgan fingerprint density at radius 2 is 2.08 bits per heavy atom. The van der Waals surface area contributed by atoms with Crippen molar-refractivity contribution < 1.29 is 14.6 Å². The summed E-state index contributed by atoms with van der Waals surface area (Å²) in [5, 5.41) is 9.64. The van der Waals surface area contributed by atoms with Crippen LogP contribution in [0.2, 0.25) is 0 Å². The highest BCUT2D eigenvalue weighted by Crippen LogP contribution is 2.40. The monoisotopic (exact) mass is 372 g/mol. The number of nitrogens with zero attached hydrogens (tertiary/aromatic N) is 2. The number of carbonyl (C=O) groups is 1. The first kappa shape index (κ1) is 18.1. The average Bonchev–Trinajstić information content (AvgIpc) is 2.92. The van der Waals surface area contributed by atoms with Gasteiger partial charge in [0.2, 0.25) is 0 Å². The van der Waals surface area contributed by atoms with Gasteiger partial charge in [-0.3, -0.25) is 14.2 Å². The van der Waals surface area contributed by atoms with Crippen LogP contribution in [0.25, 0.3) is 21.3 Å². The first-order valence-electron chi connectivity index (χ1n) is 8.27. The highest BCUT2D eigenvalue weighted by atomic mass is 32.1. The lowest BCUT2D eigenvalue weighted by Crippen LogP contribution is -2.28. The molecule has 1 N–H and O–H groups in total. The average molecular weight is 372 g/mol. The molecule has 0 atom stereocenters. The van der Waals surface area contributed by atoms with Gasteiger partial charge in [0, 0.05) is 22.4 Å². The van der Waals surface area contributed by atoms with Gasteiger partial charge < -0.3 is 9.84 Å². The Morgan fingerprint density at radius 1 is 1.35 bits per heavy atom. The molecule has 3 aromatic rings. The van der Waals surface area contributed by atoms with E-state index in [1.807, 2.05) is 39.0 Å². The molecule has 0 unspecified atom stereocenters. The van der Waals surface area contributed by atoms with E-state index in [1.54, 1.807) is 7.11 Å². The molecule has 2 aromatic heterocycles. The molecule has 0 aliphatic heterocycles. The van der Waals surface area contributed by atoms with Crippen LogP contribution < -0.4 is 10.3 Å². The fraction of sp³-hybridized carbons (Fsp3) is 0.316.